The Bertz CT molecular complexity index is 1440. The lowest BCUT2D eigenvalue weighted by Gasteiger charge is -2.34. The second-order valence-corrected chi connectivity index (χ2v) is 10.3. The van der Waals surface area contributed by atoms with Crippen LogP contribution in [-0.4, -0.2) is 22.8 Å². The smallest absolute Gasteiger partial charge is 0.275 e. The van der Waals surface area contributed by atoms with Crippen molar-refractivity contribution in [2.45, 2.75) is 58.0 Å². The normalized spacial score (nSPS) is 14.5. The van der Waals surface area contributed by atoms with Gasteiger partial charge in [0.15, 0.2) is 0 Å². The van der Waals surface area contributed by atoms with Crippen LogP contribution in [0.4, 0.5) is 10.1 Å². The van der Waals surface area contributed by atoms with Gasteiger partial charge in [-0.15, -0.1) is 0 Å². The predicted molar refractivity (Wildman–Crippen MR) is 153 cm³/mol. The minimum absolute atomic E-state index is 0.0555. The molecule has 5 rings (SSSR count). The van der Waals surface area contributed by atoms with Gasteiger partial charge in [-0.1, -0.05) is 73.9 Å². The van der Waals surface area contributed by atoms with Gasteiger partial charge in [0.05, 0.1) is 0 Å². The zero-order valence-corrected chi connectivity index (χ0v) is 22.4. The summed E-state index contributed by atoms with van der Waals surface area (Å²) < 4.78 is 14.0. The Morgan fingerprint density at radius 3 is 2.31 bits per heavy atom. The number of nitrogens with zero attached hydrogens (tertiary/aromatic N) is 1. The lowest BCUT2D eigenvalue weighted by Crippen LogP contribution is -2.47. The van der Waals surface area contributed by atoms with Gasteiger partial charge in [-0.05, 0) is 79.3 Å². The number of halogens is 1. The molecule has 0 spiro atoms. The van der Waals surface area contributed by atoms with Gasteiger partial charge >= 0.3 is 0 Å². The summed E-state index contributed by atoms with van der Waals surface area (Å²) in [4.78, 5) is 33.3. The fourth-order valence-electron chi connectivity index (χ4n) is 5.39. The van der Waals surface area contributed by atoms with E-state index in [9.17, 15) is 14.0 Å². The number of amides is 2. The Balaban J connectivity index is 1.61. The van der Waals surface area contributed by atoms with E-state index >= 15 is 0 Å². The lowest BCUT2D eigenvalue weighted by molar-refractivity contribution is -0.123. The van der Waals surface area contributed by atoms with Gasteiger partial charge in [0.25, 0.3) is 5.91 Å². The number of aromatic nitrogens is 1. The van der Waals surface area contributed by atoms with Crippen molar-refractivity contribution < 1.29 is 14.0 Å². The number of hydrogen-bond donors (Lipinski definition) is 2. The number of aryl methyl sites for hydroxylation is 1. The molecule has 39 heavy (non-hydrogen) atoms. The first-order chi connectivity index (χ1) is 18.9. The monoisotopic (exact) mass is 523 g/mol. The summed E-state index contributed by atoms with van der Waals surface area (Å²) in [5, 5.41) is 3.22. The topological polar surface area (TPSA) is 65.2 Å². The molecular formula is C33H34FN3O2. The fraction of sp³-hybridized carbons (Fsp3) is 0.273. The predicted octanol–water partition coefficient (Wildman–Crippen LogP) is 7.27. The quantitative estimate of drug-likeness (QED) is 0.267. The van der Waals surface area contributed by atoms with Crippen LogP contribution in [0.5, 0.6) is 0 Å². The third-order valence-electron chi connectivity index (χ3n) is 7.70. The van der Waals surface area contributed by atoms with Crippen molar-refractivity contribution in [1.82, 2.24) is 10.3 Å². The van der Waals surface area contributed by atoms with Crippen LogP contribution in [0.1, 0.15) is 65.3 Å². The van der Waals surface area contributed by atoms with Gasteiger partial charge in [0.1, 0.15) is 17.6 Å². The van der Waals surface area contributed by atoms with Gasteiger partial charge in [-0.2, -0.15) is 0 Å². The van der Waals surface area contributed by atoms with E-state index in [1.807, 2.05) is 68.4 Å². The molecule has 1 aliphatic carbocycles. The summed E-state index contributed by atoms with van der Waals surface area (Å²) in [6.45, 7) is 3.94. The van der Waals surface area contributed by atoms with E-state index < -0.39 is 11.9 Å². The molecule has 0 saturated heterocycles. The Kier molecular flexibility index (Phi) is 7.92. The van der Waals surface area contributed by atoms with Crippen LogP contribution >= 0.6 is 0 Å². The highest BCUT2D eigenvalue weighted by Gasteiger charge is 2.36. The van der Waals surface area contributed by atoms with Crippen LogP contribution in [0.15, 0.2) is 84.9 Å². The second kappa shape index (κ2) is 11.7. The van der Waals surface area contributed by atoms with Gasteiger partial charge < -0.3 is 10.3 Å². The van der Waals surface area contributed by atoms with E-state index in [4.69, 9.17) is 0 Å². The number of rotatable bonds is 7. The lowest BCUT2D eigenvalue weighted by atomic mass is 9.94. The van der Waals surface area contributed by atoms with E-state index in [-0.39, 0.29) is 17.9 Å². The first-order valence-corrected chi connectivity index (χ1v) is 13.6. The molecule has 0 aliphatic heterocycles. The SMILES string of the molecule is Cc1cccc(N(C(=O)c2ccc(-c3ccccc3)[nH]2)[C@H](C(=O)NC2CCCCC2)c2ccc(F)cc2)c1C. The Morgan fingerprint density at radius 1 is 0.872 bits per heavy atom. The zero-order valence-electron chi connectivity index (χ0n) is 22.4. The standard InChI is InChI=1S/C33H34FN3O2/c1-22-10-9-15-30(23(22)2)37(33(39)29-21-20-28(36-29)24-11-5-3-6-12-24)31(25-16-18-26(34)19-17-25)32(38)35-27-13-7-4-8-14-27/h3,5-6,9-12,15-21,27,31,36H,4,7-8,13-14H2,1-2H3,(H,35,38)/t31-/m0/s1. The maximum absolute atomic E-state index is 14.4. The number of aromatic amines is 1. The Morgan fingerprint density at radius 2 is 1.59 bits per heavy atom. The zero-order chi connectivity index (χ0) is 27.4. The summed E-state index contributed by atoms with van der Waals surface area (Å²) in [5.41, 5.74) is 5.24. The third-order valence-corrected chi connectivity index (χ3v) is 7.70. The number of carbonyl (C=O) groups is 2. The molecule has 1 aliphatic rings. The minimum atomic E-state index is -0.982. The summed E-state index contributed by atoms with van der Waals surface area (Å²) in [5.74, 6) is -0.997. The summed E-state index contributed by atoms with van der Waals surface area (Å²) in [6.07, 6.45) is 5.12. The molecule has 200 valence electrons. The van der Waals surface area contributed by atoms with Crippen molar-refractivity contribution in [1.29, 1.82) is 0 Å². The summed E-state index contributed by atoms with van der Waals surface area (Å²) >= 11 is 0. The first kappa shape index (κ1) is 26.4. The van der Waals surface area contributed by atoms with Crippen molar-refractivity contribution in [3.05, 3.63) is 113 Å². The first-order valence-electron chi connectivity index (χ1n) is 13.6. The van der Waals surface area contributed by atoms with Crippen molar-refractivity contribution in [3.8, 4) is 11.3 Å². The molecule has 1 saturated carbocycles. The van der Waals surface area contributed by atoms with Crippen molar-refractivity contribution in [2.24, 2.45) is 0 Å². The molecule has 1 aromatic heterocycles. The molecule has 3 aromatic carbocycles. The molecule has 1 atom stereocenters. The van der Waals surface area contributed by atoms with Crippen LogP contribution in [0.25, 0.3) is 11.3 Å². The number of nitrogens with one attached hydrogen (secondary N) is 2. The molecule has 6 heteroatoms. The fourth-order valence-corrected chi connectivity index (χ4v) is 5.39. The Labute approximate surface area is 229 Å². The highest BCUT2D eigenvalue weighted by molar-refractivity contribution is 6.10. The molecule has 0 radical (unpaired) electrons. The second-order valence-electron chi connectivity index (χ2n) is 10.3. The van der Waals surface area contributed by atoms with E-state index in [1.165, 1.54) is 12.1 Å². The van der Waals surface area contributed by atoms with Gasteiger partial charge in [-0.25, -0.2) is 4.39 Å². The Hall–Kier alpha value is -4.19. The van der Waals surface area contributed by atoms with E-state index in [0.717, 1.165) is 54.5 Å². The molecule has 0 bridgehead atoms. The number of benzene rings is 3. The molecular weight excluding hydrogens is 489 g/mol. The van der Waals surface area contributed by atoms with E-state index in [2.05, 4.69) is 10.3 Å². The third kappa shape index (κ3) is 5.80. The molecule has 2 N–H and O–H groups in total. The van der Waals surface area contributed by atoms with E-state index in [0.29, 0.717) is 16.9 Å². The molecule has 2 amide bonds. The highest BCUT2D eigenvalue weighted by Crippen LogP contribution is 2.34. The van der Waals surface area contributed by atoms with Gasteiger partial charge in [0, 0.05) is 17.4 Å². The summed E-state index contributed by atoms with van der Waals surface area (Å²) in [7, 11) is 0. The summed E-state index contributed by atoms with van der Waals surface area (Å²) in [6, 6.07) is 24.1. The number of anilines is 1. The average Bonchev–Trinajstić information content (AvgIpc) is 3.45. The van der Waals surface area contributed by atoms with Crippen LogP contribution in [-0.2, 0) is 4.79 Å². The van der Waals surface area contributed by atoms with E-state index in [1.54, 1.807) is 23.1 Å². The van der Waals surface area contributed by atoms with Crippen molar-refractivity contribution in [3.63, 3.8) is 0 Å². The average molecular weight is 524 g/mol. The van der Waals surface area contributed by atoms with Crippen molar-refractivity contribution >= 4 is 17.5 Å². The molecule has 0 unspecified atom stereocenters. The molecule has 1 fully saturated rings. The largest absolute Gasteiger partial charge is 0.351 e. The van der Waals surface area contributed by atoms with Crippen LogP contribution in [0.2, 0.25) is 0 Å². The maximum atomic E-state index is 14.4. The number of carbonyl (C=O) groups excluding carboxylic acids is 2. The minimum Gasteiger partial charge on any atom is -0.351 e. The highest BCUT2D eigenvalue weighted by atomic mass is 19.1. The van der Waals surface area contributed by atoms with Gasteiger partial charge in [0.2, 0.25) is 5.91 Å². The molecule has 4 aromatic rings. The molecule has 1 heterocycles. The maximum Gasteiger partial charge on any atom is 0.275 e. The number of H-pyrrole nitrogens is 1. The van der Waals surface area contributed by atoms with Crippen LogP contribution in [0, 0.1) is 19.7 Å². The van der Waals surface area contributed by atoms with Crippen LogP contribution in [0.3, 0.4) is 0 Å². The number of hydrogen-bond acceptors (Lipinski definition) is 2. The van der Waals surface area contributed by atoms with Gasteiger partial charge in [-0.3, -0.25) is 14.5 Å². The van der Waals surface area contributed by atoms with Crippen molar-refractivity contribution in [2.75, 3.05) is 4.90 Å². The molecule has 5 nitrogen and oxygen atoms in total. The van der Waals surface area contributed by atoms with Crippen LogP contribution < -0.4 is 10.2 Å².